The second-order valence-electron chi connectivity index (χ2n) is 17.9. The number of anilines is 1. The quantitative estimate of drug-likeness (QED) is 0.0261. The lowest BCUT2D eigenvalue weighted by Crippen LogP contribution is -2.32. The molecule has 0 saturated heterocycles. The Morgan fingerprint density at radius 3 is 1.92 bits per heavy atom. The van der Waals surface area contributed by atoms with Crippen LogP contribution in [-0.2, 0) is 69.0 Å². The number of thiophene rings is 1. The van der Waals surface area contributed by atoms with Crippen LogP contribution in [0.3, 0.4) is 0 Å². The van der Waals surface area contributed by atoms with Gasteiger partial charge in [-0.1, -0.05) is 73.8 Å². The molecule has 2 N–H and O–H groups in total. The third kappa shape index (κ3) is 18.8. The summed E-state index contributed by atoms with van der Waals surface area (Å²) < 4.78 is 115. The van der Waals surface area contributed by atoms with Gasteiger partial charge in [0, 0.05) is 58.8 Å². The monoisotopic (exact) mass is 1080 g/mol. The maximum atomic E-state index is 11.8. The van der Waals surface area contributed by atoms with Crippen molar-refractivity contribution in [1.82, 2.24) is 0 Å². The molecular formula is C52H72N2O16S3. The molecule has 0 saturated carbocycles. The molecular weight excluding hydrogens is 1000 g/mol. The van der Waals surface area contributed by atoms with Crippen LogP contribution in [0.2, 0.25) is 0 Å². The van der Waals surface area contributed by atoms with Crippen LogP contribution >= 0.6 is 11.3 Å². The van der Waals surface area contributed by atoms with Crippen LogP contribution in [0.15, 0.2) is 90.7 Å². The number of rotatable bonds is 37. The van der Waals surface area contributed by atoms with Crippen molar-refractivity contribution in [1.29, 1.82) is 0 Å². The van der Waals surface area contributed by atoms with Crippen molar-refractivity contribution < 1.29 is 78.3 Å². The van der Waals surface area contributed by atoms with E-state index >= 15 is 0 Å². The van der Waals surface area contributed by atoms with Gasteiger partial charge in [0.1, 0.15) is 12.4 Å². The van der Waals surface area contributed by atoms with Gasteiger partial charge in [-0.3, -0.25) is 9.35 Å². The minimum atomic E-state index is -4.45. The normalized spacial score (nSPS) is 17.4. The Balaban J connectivity index is 1.14. The highest BCUT2D eigenvalue weighted by Crippen LogP contribution is 2.52. The topological polar surface area (TPSA) is 229 Å². The highest BCUT2D eigenvalue weighted by molar-refractivity contribution is 7.85. The van der Waals surface area contributed by atoms with E-state index in [2.05, 4.69) is 13.8 Å². The third-order valence-corrected chi connectivity index (χ3v) is 15.0. The zero-order valence-electron chi connectivity index (χ0n) is 42.4. The van der Waals surface area contributed by atoms with Crippen molar-refractivity contribution in [3.05, 3.63) is 102 Å². The smallest absolute Gasteiger partial charge is 0.305 e. The Labute approximate surface area is 434 Å². The first-order valence-electron chi connectivity index (χ1n) is 24.5. The van der Waals surface area contributed by atoms with E-state index in [1.165, 1.54) is 0 Å². The predicted octanol–water partition coefficient (Wildman–Crippen LogP) is 6.81. The Bertz CT molecular complexity index is 2620. The number of fused-ring (bicyclic) bond motifs is 4. The average molecular weight is 1080 g/mol. The molecule has 0 amide bonds. The molecule has 0 spiro atoms. The third-order valence-electron chi connectivity index (χ3n) is 12.2. The highest BCUT2D eigenvalue weighted by atomic mass is 32.2. The van der Waals surface area contributed by atoms with E-state index < -0.39 is 48.5 Å². The van der Waals surface area contributed by atoms with Gasteiger partial charge < -0.3 is 52.5 Å². The summed E-state index contributed by atoms with van der Waals surface area (Å²) in [6, 6.07) is 13.7. The predicted molar refractivity (Wildman–Crippen MR) is 281 cm³/mol. The Morgan fingerprint density at radius 2 is 1.33 bits per heavy atom. The molecule has 21 heteroatoms. The molecule has 2 aromatic carbocycles. The first kappa shape index (κ1) is 59.5. The van der Waals surface area contributed by atoms with Crippen molar-refractivity contribution >= 4 is 64.0 Å². The number of ether oxygens (including phenoxy) is 8. The first-order chi connectivity index (χ1) is 35.0. The largest absolute Gasteiger partial charge is 0.748 e. The van der Waals surface area contributed by atoms with E-state index in [-0.39, 0.29) is 32.4 Å². The lowest BCUT2D eigenvalue weighted by Gasteiger charge is -2.26. The molecule has 2 aliphatic heterocycles. The minimum absolute atomic E-state index is 0.0630. The molecule has 5 rings (SSSR count). The summed E-state index contributed by atoms with van der Waals surface area (Å²) in [5, 5.41) is 11.5. The number of hydrogen-bond donors (Lipinski definition) is 2. The fourth-order valence-corrected chi connectivity index (χ4v) is 11.2. The lowest BCUT2D eigenvalue weighted by molar-refractivity contribution is -0.433. The molecule has 1 atom stereocenters. The van der Waals surface area contributed by atoms with Gasteiger partial charge in [-0.15, -0.1) is 0 Å². The summed E-state index contributed by atoms with van der Waals surface area (Å²) in [4.78, 5) is 13.8. The van der Waals surface area contributed by atoms with E-state index in [0.717, 1.165) is 43.3 Å². The summed E-state index contributed by atoms with van der Waals surface area (Å²) in [5.74, 6) is -1.18. The van der Waals surface area contributed by atoms with Crippen molar-refractivity contribution in [3.8, 4) is 5.75 Å². The van der Waals surface area contributed by atoms with Crippen LogP contribution in [0, 0.1) is 0 Å². The zero-order valence-corrected chi connectivity index (χ0v) is 44.8. The fourth-order valence-electron chi connectivity index (χ4n) is 8.79. The number of carboxylic acid groups (broad SMARTS) is 1. The molecule has 0 fully saturated rings. The van der Waals surface area contributed by atoms with Gasteiger partial charge >= 0.3 is 5.97 Å². The number of carbonyl (C=O) groups is 1. The summed E-state index contributed by atoms with van der Waals surface area (Å²) in [6.07, 6.45) is 13.8. The number of benzene rings is 2. The number of methoxy groups -OCH3 is 1. The summed E-state index contributed by atoms with van der Waals surface area (Å²) in [5.41, 5.74) is 3.41. The molecule has 1 aromatic heterocycles. The Hall–Kier alpha value is -4.36. The van der Waals surface area contributed by atoms with Gasteiger partial charge in [-0.25, -0.2) is 8.42 Å². The van der Waals surface area contributed by atoms with E-state index in [0.29, 0.717) is 105 Å². The van der Waals surface area contributed by atoms with Crippen LogP contribution in [0.4, 0.5) is 10.7 Å². The Morgan fingerprint density at radius 1 is 0.753 bits per heavy atom. The van der Waals surface area contributed by atoms with Crippen molar-refractivity contribution in [3.63, 3.8) is 0 Å². The molecule has 0 aliphatic carbocycles. The Kier molecular flexibility index (Phi) is 24.2. The van der Waals surface area contributed by atoms with Crippen molar-refractivity contribution in [2.24, 2.45) is 0 Å². The molecule has 73 heavy (non-hydrogen) atoms. The van der Waals surface area contributed by atoms with E-state index in [1.54, 1.807) is 18.4 Å². The second kappa shape index (κ2) is 29.7. The summed E-state index contributed by atoms with van der Waals surface area (Å²) >= 11 is 1.55. The molecule has 3 aromatic rings. The number of allylic oxidation sites excluding steroid dienone is 8. The molecule has 0 radical (unpaired) electrons. The van der Waals surface area contributed by atoms with Crippen LogP contribution in [0.25, 0.3) is 10.1 Å². The SMILES string of the molecule is COCCOCCOCCOCCOCCOCCOCCOc1ccc2c(c1)C(C)(C)/C(=C/C=C/C=C/C=C/C1=[N+](CCCS(=O)(=O)[O-])c3sc4ccccc4c3C1(C)CCCS(=O)(=O)O)N2CCC(=O)O. The fraction of sp³-hybridized carbons (Fsp3) is 0.538. The van der Waals surface area contributed by atoms with Gasteiger partial charge in [0.15, 0.2) is 12.3 Å². The lowest BCUT2D eigenvalue weighted by atomic mass is 9.75. The maximum absolute atomic E-state index is 11.8. The van der Waals surface area contributed by atoms with Gasteiger partial charge in [0.2, 0.25) is 0 Å². The highest BCUT2D eigenvalue weighted by Gasteiger charge is 2.50. The molecule has 3 heterocycles. The summed E-state index contributed by atoms with van der Waals surface area (Å²) in [6.45, 7) is 13.2. The molecule has 404 valence electrons. The van der Waals surface area contributed by atoms with Gasteiger partial charge in [0.25, 0.3) is 15.1 Å². The van der Waals surface area contributed by atoms with Gasteiger partial charge in [-0.05, 0) is 55.7 Å². The van der Waals surface area contributed by atoms with Crippen LogP contribution in [0.1, 0.15) is 57.6 Å². The van der Waals surface area contributed by atoms with Crippen LogP contribution in [0.5, 0.6) is 5.75 Å². The number of hydrogen-bond acceptors (Lipinski definition) is 16. The van der Waals surface area contributed by atoms with E-state index in [1.807, 2.05) is 101 Å². The number of nitrogens with zero attached hydrogens (tertiary/aromatic N) is 2. The van der Waals surface area contributed by atoms with Crippen molar-refractivity contribution in [2.75, 3.05) is 129 Å². The van der Waals surface area contributed by atoms with Gasteiger partial charge in [-0.2, -0.15) is 13.0 Å². The standard InChI is InChI=1S/C52H72N2O16S3/c1-51(2)43-40-41(70-37-36-69-35-34-68-33-32-67-31-30-66-29-28-65-27-26-64-25-24-63-4)18-19-44(43)53(23-20-48(55)56)46(51)16-8-6-5-7-9-17-47-52(3,21-12-38-72(57,58)59)49-42-14-10-11-15-45(42)71-50(49)54(47)22-13-39-73(60,61)62/h5-11,14-19,40H,12-13,20-39H2,1-4H3,(H2-,55,56,57,58,59,60,61,62). The van der Waals surface area contributed by atoms with Crippen LogP contribution in [-0.4, -0.2) is 172 Å². The molecule has 18 nitrogen and oxygen atoms in total. The molecule has 0 bridgehead atoms. The summed E-state index contributed by atoms with van der Waals surface area (Å²) in [7, 11) is -7.03. The second-order valence-corrected chi connectivity index (χ2v) is 22.1. The van der Waals surface area contributed by atoms with Crippen LogP contribution < -0.4 is 9.64 Å². The van der Waals surface area contributed by atoms with E-state index in [4.69, 9.17) is 37.9 Å². The minimum Gasteiger partial charge on any atom is -0.748 e. The molecule has 2 aliphatic rings. The van der Waals surface area contributed by atoms with Crippen molar-refractivity contribution in [2.45, 2.75) is 57.3 Å². The van der Waals surface area contributed by atoms with E-state index in [9.17, 15) is 35.8 Å². The number of aliphatic carboxylic acids is 1. The average Bonchev–Trinajstić information content (AvgIpc) is 3.90. The molecule has 1 unspecified atom stereocenters. The maximum Gasteiger partial charge on any atom is 0.305 e. The zero-order chi connectivity index (χ0) is 52.7. The van der Waals surface area contributed by atoms with Gasteiger partial charge in [0.05, 0.1) is 119 Å². The first-order valence-corrected chi connectivity index (χ1v) is 28.5. The number of carboxylic acids is 1.